The lowest BCUT2D eigenvalue weighted by Crippen LogP contribution is -2.40. The summed E-state index contributed by atoms with van der Waals surface area (Å²) < 4.78 is 0. The number of rotatable bonds is 2. The smallest absolute Gasteiger partial charge is 0.291 e. The summed E-state index contributed by atoms with van der Waals surface area (Å²) in [5, 5.41) is 6.13. The van der Waals surface area contributed by atoms with Crippen molar-refractivity contribution in [2.24, 2.45) is 5.73 Å². The molecule has 1 aliphatic rings. The first kappa shape index (κ1) is 9.91. The van der Waals surface area contributed by atoms with E-state index in [0.717, 1.165) is 19.4 Å². The maximum absolute atomic E-state index is 11.9. The molecule has 2 heterocycles. The molecule has 7 nitrogen and oxygen atoms in total. The largest absolute Gasteiger partial charge is 0.366 e. The van der Waals surface area contributed by atoms with Gasteiger partial charge >= 0.3 is 0 Å². The van der Waals surface area contributed by atoms with Crippen LogP contribution in [0.5, 0.6) is 0 Å². The minimum absolute atomic E-state index is 0.0850. The van der Waals surface area contributed by atoms with Gasteiger partial charge in [0.2, 0.25) is 11.8 Å². The zero-order valence-corrected chi connectivity index (χ0v) is 8.31. The van der Waals surface area contributed by atoms with E-state index >= 15 is 0 Å². The quantitative estimate of drug-likeness (QED) is 0.576. The Kier molecular flexibility index (Phi) is 2.55. The zero-order chi connectivity index (χ0) is 10.8. The molecule has 15 heavy (non-hydrogen) atoms. The summed E-state index contributed by atoms with van der Waals surface area (Å²) in [6, 6.07) is 0.115. The topological polar surface area (TPSA) is 114 Å². The number of amides is 1. The Hall–Kier alpha value is -1.63. The highest BCUT2D eigenvalue weighted by atomic mass is 16.2. The first-order valence-corrected chi connectivity index (χ1v) is 4.91. The Bertz CT molecular complexity index is 362. The fraction of sp³-hybridized carbons (Fsp3) is 0.625. The molecular formula is C8H14N6O. The molecule has 1 aliphatic heterocycles. The van der Waals surface area contributed by atoms with Crippen molar-refractivity contribution in [1.82, 2.24) is 20.1 Å². The predicted octanol–water partition coefficient (Wildman–Crippen LogP) is -1.05. The molecule has 1 fully saturated rings. The third-order valence-electron chi connectivity index (χ3n) is 2.62. The van der Waals surface area contributed by atoms with E-state index in [1.807, 2.05) is 0 Å². The van der Waals surface area contributed by atoms with Crippen molar-refractivity contribution in [2.75, 3.05) is 18.8 Å². The van der Waals surface area contributed by atoms with Crippen LogP contribution in [0.15, 0.2) is 0 Å². The molecule has 1 atom stereocenters. The molecule has 0 saturated carbocycles. The number of H-pyrrole nitrogens is 1. The van der Waals surface area contributed by atoms with Gasteiger partial charge in [-0.2, -0.15) is 4.98 Å². The van der Waals surface area contributed by atoms with Crippen LogP contribution in [-0.2, 0) is 0 Å². The molecule has 0 radical (unpaired) electrons. The van der Waals surface area contributed by atoms with E-state index < -0.39 is 0 Å². The Morgan fingerprint density at radius 3 is 3.07 bits per heavy atom. The average Bonchev–Trinajstić information content (AvgIpc) is 2.84. The molecule has 1 saturated heterocycles. The third kappa shape index (κ3) is 1.78. The van der Waals surface area contributed by atoms with E-state index in [1.165, 1.54) is 0 Å². The highest BCUT2D eigenvalue weighted by Crippen LogP contribution is 2.17. The van der Waals surface area contributed by atoms with Crippen LogP contribution in [0.3, 0.4) is 0 Å². The number of hydrogen-bond donors (Lipinski definition) is 3. The SMILES string of the molecule is NCC1CCCN1C(=O)c1nc(N)n[nH]1. The van der Waals surface area contributed by atoms with Gasteiger partial charge in [-0.25, -0.2) is 0 Å². The number of hydrogen-bond acceptors (Lipinski definition) is 5. The summed E-state index contributed by atoms with van der Waals surface area (Å²) >= 11 is 0. The van der Waals surface area contributed by atoms with Crippen LogP contribution >= 0.6 is 0 Å². The van der Waals surface area contributed by atoms with Crippen molar-refractivity contribution < 1.29 is 4.79 Å². The van der Waals surface area contributed by atoms with Gasteiger partial charge in [-0.1, -0.05) is 0 Å². The van der Waals surface area contributed by atoms with Crippen LogP contribution in [0.2, 0.25) is 0 Å². The number of nitrogen functional groups attached to an aromatic ring is 1. The molecule has 0 bridgehead atoms. The molecular weight excluding hydrogens is 196 g/mol. The minimum atomic E-state index is -0.174. The average molecular weight is 210 g/mol. The van der Waals surface area contributed by atoms with Gasteiger partial charge in [0.15, 0.2) is 0 Å². The van der Waals surface area contributed by atoms with Crippen LogP contribution in [0.1, 0.15) is 23.5 Å². The molecule has 0 aliphatic carbocycles. The van der Waals surface area contributed by atoms with Gasteiger partial charge in [0.25, 0.3) is 5.91 Å². The minimum Gasteiger partial charge on any atom is -0.366 e. The summed E-state index contributed by atoms with van der Waals surface area (Å²) in [5.41, 5.74) is 10.9. The van der Waals surface area contributed by atoms with Gasteiger partial charge in [-0.05, 0) is 12.8 Å². The van der Waals surface area contributed by atoms with Crippen LogP contribution in [0, 0.1) is 0 Å². The third-order valence-corrected chi connectivity index (χ3v) is 2.62. The molecule has 0 spiro atoms. The Morgan fingerprint density at radius 1 is 1.67 bits per heavy atom. The number of carbonyl (C=O) groups excluding carboxylic acids is 1. The lowest BCUT2D eigenvalue weighted by Gasteiger charge is -2.21. The van der Waals surface area contributed by atoms with Crippen molar-refractivity contribution in [1.29, 1.82) is 0 Å². The van der Waals surface area contributed by atoms with Gasteiger partial charge in [-0.15, -0.1) is 5.10 Å². The maximum Gasteiger partial charge on any atom is 0.291 e. The molecule has 1 unspecified atom stereocenters. The summed E-state index contributed by atoms with van der Waals surface area (Å²) in [7, 11) is 0. The second-order valence-corrected chi connectivity index (χ2v) is 3.57. The van der Waals surface area contributed by atoms with Gasteiger partial charge < -0.3 is 16.4 Å². The highest BCUT2D eigenvalue weighted by Gasteiger charge is 2.29. The van der Waals surface area contributed by atoms with Gasteiger partial charge in [0.05, 0.1) is 0 Å². The molecule has 1 aromatic rings. The molecule has 2 rings (SSSR count). The summed E-state index contributed by atoms with van der Waals surface area (Å²) in [4.78, 5) is 17.4. The van der Waals surface area contributed by atoms with E-state index in [-0.39, 0.29) is 23.7 Å². The molecule has 0 aromatic carbocycles. The standard InChI is InChI=1S/C8H14N6O/c9-4-5-2-1-3-14(5)7(15)6-11-8(10)13-12-6/h5H,1-4,9H2,(H3,10,11,12,13). The summed E-state index contributed by atoms with van der Waals surface area (Å²) in [6.07, 6.45) is 1.93. The van der Waals surface area contributed by atoms with E-state index in [1.54, 1.807) is 4.90 Å². The predicted molar refractivity (Wildman–Crippen MR) is 53.9 cm³/mol. The Morgan fingerprint density at radius 2 is 2.47 bits per heavy atom. The first-order valence-electron chi connectivity index (χ1n) is 4.91. The summed E-state index contributed by atoms with van der Waals surface area (Å²) in [6.45, 7) is 1.21. The number of nitrogens with one attached hydrogen (secondary N) is 1. The fourth-order valence-electron chi connectivity index (χ4n) is 1.85. The normalized spacial score (nSPS) is 20.9. The molecule has 7 heteroatoms. The number of carbonyl (C=O) groups is 1. The Balaban J connectivity index is 2.13. The van der Waals surface area contributed by atoms with Crippen molar-refractivity contribution in [2.45, 2.75) is 18.9 Å². The van der Waals surface area contributed by atoms with Crippen LogP contribution in [-0.4, -0.2) is 45.1 Å². The number of aromatic nitrogens is 3. The lowest BCUT2D eigenvalue weighted by molar-refractivity contribution is 0.0729. The lowest BCUT2D eigenvalue weighted by atomic mass is 10.2. The van der Waals surface area contributed by atoms with Crippen molar-refractivity contribution >= 4 is 11.9 Å². The maximum atomic E-state index is 11.9. The monoisotopic (exact) mass is 210 g/mol. The van der Waals surface area contributed by atoms with Crippen LogP contribution < -0.4 is 11.5 Å². The zero-order valence-electron chi connectivity index (χ0n) is 8.31. The van der Waals surface area contributed by atoms with E-state index in [2.05, 4.69) is 15.2 Å². The molecule has 5 N–H and O–H groups in total. The van der Waals surface area contributed by atoms with Crippen LogP contribution in [0.4, 0.5) is 5.95 Å². The van der Waals surface area contributed by atoms with Crippen molar-refractivity contribution in [3.63, 3.8) is 0 Å². The number of aromatic amines is 1. The number of nitrogens with zero attached hydrogens (tertiary/aromatic N) is 3. The molecule has 82 valence electrons. The second-order valence-electron chi connectivity index (χ2n) is 3.57. The fourth-order valence-corrected chi connectivity index (χ4v) is 1.85. The Labute approximate surface area is 86.8 Å². The van der Waals surface area contributed by atoms with Crippen LogP contribution in [0.25, 0.3) is 0 Å². The van der Waals surface area contributed by atoms with E-state index in [9.17, 15) is 4.79 Å². The number of anilines is 1. The van der Waals surface area contributed by atoms with Gasteiger partial charge in [-0.3, -0.25) is 9.89 Å². The van der Waals surface area contributed by atoms with E-state index in [0.29, 0.717) is 6.54 Å². The summed E-state index contributed by atoms with van der Waals surface area (Å²) in [5.74, 6) is 0.0989. The number of likely N-dealkylation sites (tertiary alicyclic amines) is 1. The van der Waals surface area contributed by atoms with Crippen molar-refractivity contribution in [3.8, 4) is 0 Å². The van der Waals surface area contributed by atoms with Gasteiger partial charge in [0, 0.05) is 19.1 Å². The highest BCUT2D eigenvalue weighted by molar-refractivity contribution is 5.91. The second kappa shape index (κ2) is 3.85. The van der Waals surface area contributed by atoms with Crippen molar-refractivity contribution in [3.05, 3.63) is 5.82 Å². The van der Waals surface area contributed by atoms with E-state index in [4.69, 9.17) is 11.5 Å². The first-order chi connectivity index (χ1) is 7.22. The van der Waals surface area contributed by atoms with Gasteiger partial charge in [0.1, 0.15) is 0 Å². The molecule has 1 amide bonds. The molecule has 1 aromatic heterocycles. The number of nitrogens with two attached hydrogens (primary N) is 2.